The molecule has 0 spiro atoms. The Bertz CT molecular complexity index is 918. The number of aliphatic imine (C=N–C) groups is 1. The summed E-state index contributed by atoms with van der Waals surface area (Å²) in [6.45, 7) is 1.72. The topological polar surface area (TPSA) is 98.5 Å². The van der Waals surface area contributed by atoms with Crippen LogP contribution in [0.5, 0.6) is 0 Å². The quantitative estimate of drug-likeness (QED) is 0.815. The molecule has 0 fully saturated rings. The summed E-state index contributed by atoms with van der Waals surface area (Å²) >= 11 is 1.19. The number of nitrogens with zero attached hydrogens (tertiary/aromatic N) is 4. The molecule has 1 aliphatic rings. The molecule has 3 heterocycles. The predicted molar refractivity (Wildman–Crippen MR) is 93.8 cm³/mol. The summed E-state index contributed by atoms with van der Waals surface area (Å²) in [5.74, 6) is -0.706. The van der Waals surface area contributed by atoms with Crippen molar-refractivity contribution in [3.05, 3.63) is 51.5 Å². The van der Waals surface area contributed by atoms with Gasteiger partial charge in [-0.15, -0.1) is 11.3 Å². The van der Waals surface area contributed by atoms with Crippen LogP contribution in [0.4, 0.5) is 13.2 Å². The number of aliphatic hydroxyl groups excluding tert-OH is 1. The van der Waals surface area contributed by atoms with Crippen LogP contribution < -0.4 is 5.73 Å². The summed E-state index contributed by atoms with van der Waals surface area (Å²) in [4.78, 5) is 10.9. The van der Waals surface area contributed by atoms with Crippen LogP contribution in [0.15, 0.2) is 35.5 Å². The Morgan fingerprint density at radius 3 is 2.56 bits per heavy atom. The van der Waals surface area contributed by atoms with E-state index in [-0.39, 0.29) is 11.7 Å². The van der Waals surface area contributed by atoms with Gasteiger partial charge >= 0.3 is 6.18 Å². The molecule has 1 unspecified atom stereocenters. The molecule has 0 aliphatic carbocycles. The number of aromatic nitrogens is 1. The van der Waals surface area contributed by atoms with Crippen molar-refractivity contribution < 1.29 is 18.3 Å². The molecule has 1 aliphatic heterocycles. The number of nitrogens with two attached hydrogens (primary N) is 1. The molecule has 27 heavy (non-hydrogen) atoms. The number of pyridine rings is 1. The Morgan fingerprint density at radius 1 is 1.33 bits per heavy atom. The highest BCUT2D eigenvalue weighted by molar-refractivity contribution is 7.12. The van der Waals surface area contributed by atoms with Gasteiger partial charge in [-0.3, -0.25) is 4.98 Å². The van der Waals surface area contributed by atoms with E-state index in [0.29, 0.717) is 9.75 Å². The molecular formula is C17H16F3N5OS. The summed E-state index contributed by atoms with van der Waals surface area (Å²) in [5.41, 5.74) is 4.20. The lowest BCUT2D eigenvalue weighted by Crippen LogP contribution is -2.55. The molecule has 3 rings (SSSR count). The maximum atomic E-state index is 12.8. The van der Waals surface area contributed by atoms with Gasteiger partial charge < -0.3 is 15.7 Å². The molecule has 6 nitrogen and oxygen atoms in total. The monoisotopic (exact) mass is 395 g/mol. The number of alkyl halides is 3. The minimum atomic E-state index is -4.51. The first-order valence-corrected chi connectivity index (χ1v) is 8.69. The van der Waals surface area contributed by atoms with Crippen molar-refractivity contribution in [1.82, 2.24) is 9.88 Å². The van der Waals surface area contributed by atoms with E-state index in [0.717, 1.165) is 12.3 Å². The standard InChI is InChI=1S/C17H16F3N5OS/c1-16(12-6-4-10(7-21)27-12)13(14(26)25(2)15(22)24-16)11-5-3-9(8-23-11)17(18,19)20/h3-6,8,13-14,26H,1-2H3,(H2,22,24)/t13-,14?,16-/m1/s1. The number of nitriles is 1. The SMILES string of the molecule is CN1C(N)=N[C@](C)(c2ccc(C#N)s2)[C@H](c2ccc(C(F)(F)F)cn2)C1O. The average molecular weight is 395 g/mol. The van der Waals surface area contributed by atoms with Crippen molar-refractivity contribution in [3.63, 3.8) is 0 Å². The molecule has 10 heteroatoms. The van der Waals surface area contributed by atoms with E-state index in [2.05, 4.69) is 9.98 Å². The van der Waals surface area contributed by atoms with Crippen molar-refractivity contribution in [2.45, 2.75) is 30.8 Å². The van der Waals surface area contributed by atoms with Gasteiger partial charge in [-0.1, -0.05) is 0 Å². The number of hydrogen-bond donors (Lipinski definition) is 2. The molecule has 2 aromatic rings. The zero-order valence-corrected chi connectivity index (χ0v) is 15.2. The molecule has 2 aromatic heterocycles. The smallest absolute Gasteiger partial charge is 0.373 e. The lowest BCUT2D eigenvalue weighted by molar-refractivity contribution is -0.137. The van der Waals surface area contributed by atoms with Gasteiger partial charge in [0.2, 0.25) is 0 Å². The molecule has 0 saturated heterocycles. The third-order valence-corrected chi connectivity index (χ3v) is 5.87. The van der Waals surface area contributed by atoms with Crippen molar-refractivity contribution in [3.8, 4) is 6.07 Å². The molecule has 0 bridgehead atoms. The van der Waals surface area contributed by atoms with E-state index in [4.69, 9.17) is 11.0 Å². The fraction of sp³-hybridized carbons (Fsp3) is 0.353. The highest BCUT2D eigenvalue weighted by Gasteiger charge is 2.48. The molecule has 0 amide bonds. The van der Waals surface area contributed by atoms with Crippen LogP contribution in [0.2, 0.25) is 0 Å². The molecule has 142 valence electrons. The molecular weight excluding hydrogens is 379 g/mol. The van der Waals surface area contributed by atoms with E-state index in [1.165, 1.54) is 29.4 Å². The zero-order chi connectivity index (χ0) is 20.0. The maximum Gasteiger partial charge on any atom is 0.417 e. The van der Waals surface area contributed by atoms with Crippen LogP contribution in [0.1, 0.15) is 33.9 Å². The first-order valence-electron chi connectivity index (χ1n) is 7.87. The van der Waals surface area contributed by atoms with Crippen molar-refractivity contribution in [2.75, 3.05) is 7.05 Å². The Hall–Kier alpha value is -2.64. The fourth-order valence-corrected chi connectivity index (χ4v) is 4.05. The average Bonchev–Trinajstić information content (AvgIpc) is 3.09. The number of rotatable bonds is 2. The molecule has 3 N–H and O–H groups in total. The third-order valence-electron chi connectivity index (χ3n) is 4.66. The van der Waals surface area contributed by atoms with Crippen LogP contribution >= 0.6 is 11.3 Å². The van der Waals surface area contributed by atoms with Crippen molar-refractivity contribution >= 4 is 17.3 Å². The van der Waals surface area contributed by atoms with E-state index < -0.39 is 29.4 Å². The van der Waals surface area contributed by atoms with Crippen LogP contribution in [0.3, 0.4) is 0 Å². The molecule has 0 saturated carbocycles. The maximum absolute atomic E-state index is 12.8. The molecule has 0 aromatic carbocycles. The van der Waals surface area contributed by atoms with Gasteiger partial charge in [-0.05, 0) is 31.2 Å². The van der Waals surface area contributed by atoms with E-state index in [1.54, 1.807) is 19.1 Å². The van der Waals surface area contributed by atoms with Gasteiger partial charge in [0, 0.05) is 18.1 Å². The minimum absolute atomic E-state index is 0.0834. The summed E-state index contributed by atoms with van der Waals surface area (Å²) < 4.78 is 38.5. The Morgan fingerprint density at radius 2 is 2.04 bits per heavy atom. The van der Waals surface area contributed by atoms with Gasteiger partial charge in [-0.25, -0.2) is 4.99 Å². The summed E-state index contributed by atoms with van der Waals surface area (Å²) in [5, 5.41) is 19.9. The first-order chi connectivity index (χ1) is 12.6. The Balaban J connectivity index is 2.13. The summed E-state index contributed by atoms with van der Waals surface area (Å²) in [6, 6.07) is 7.52. The van der Waals surface area contributed by atoms with Crippen LogP contribution in [-0.2, 0) is 11.7 Å². The van der Waals surface area contributed by atoms with Crippen LogP contribution in [0, 0.1) is 11.3 Å². The van der Waals surface area contributed by atoms with Gasteiger partial charge in [0.05, 0.1) is 17.2 Å². The normalized spacial score (nSPS) is 25.8. The minimum Gasteiger partial charge on any atom is -0.373 e. The second-order valence-electron chi connectivity index (χ2n) is 6.36. The predicted octanol–water partition coefficient (Wildman–Crippen LogP) is 2.61. The van der Waals surface area contributed by atoms with Crippen LogP contribution in [-0.4, -0.2) is 34.2 Å². The van der Waals surface area contributed by atoms with E-state index >= 15 is 0 Å². The number of guanidine groups is 1. The second kappa shape index (κ2) is 6.51. The lowest BCUT2D eigenvalue weighted by Gasteiger charge is -2.44. The largest absolute Gasteiger partial charge is 0.417 e. The highest BCUT2D eigenvalue weighted by atomic mass is 32.1. The van der Waals surface area contributed by atoms with E-state index in [1.807, 2.05) is 6.07 Å². The highest BCUT2D eigenvalue weighted by Crippen LogP contribution is 2.47. The third kappa shape index (κ3) is 3.24. The van der Waals surface area contributed by atoms with Gasteiger partial charge in [0.1, 0.15) is 22.7 Å². The van der Waals surface area contributed by atoms with Gasteiger partial charge in [0.25, 0.3) is 0 Å². The van der Waals surface area contributed by atoms with Crippen LogP contribution in [0.25, 0.3) is 0 Å². The number of halogens is 3. The molecule has 0 radical (unpaired) electrons. The second-order valence-corrected chi connectivity index (χ2v) is 7.45. The molecule has 3 atom stereocenters. The van der Waals surface area contributed by atoms with Gasteiger partial charge in [-0.2, -0.15) is 18.4 Å². The number of aliphatic hydroxyl groups is 1. The van der Waals surface area contributed by atoms with Crippen molar-refractivity contribution in [1.29, 1.82) is 5.26 Å². The number of thiophene rings is 1. The lowest BCUT2D eigenvalue weighted by atomic mass is 9.79. The van der Waals surface area contributed by atoms with E-state index in [9.17, 15) is 18.3 Å². The van der Waals surface area contributed by atoms with Gasteiger partial charge in [0.15, 0.2) is 5.96 Å². The number of hydrogen-bond acceptors (Lipinski definition) is 7. The first kappa shape index (κ1) is 19.1. The zero-order valence-electron chi connectivity index (χ0n) is 14.4. The summed E-state index contributed by atoms with van der Waals surface area (Å²) in [7, 11) is 1.54. The Kier molecular flexibility index (Phi) is 4.61. The number of likely N-dealkylation sites (N-methyl/N-ethyl adjacent to an activating group) is 1. The fourth-order valence-electron chi connectivity index (χ4n) is 3.11. The Labute approximate surface area is 157 Å². The van der Waals surface area contributed by atoms with Crippen molar-refractivity contribution in [2.24, 2.45) is 10.7 Å². The summed E-state index contributed by atoms with van der Waals surface area (Å²) in [6.07, 6.45) is -4.93.